The second-order valence-corrected chi connectivity index (χ2v) is 10.1. The SMILES string of the molecule is Ic1ccn(C2O[C@H](COCc3ccccc3)[C@@H](OCc3ccccc3)[C@H]2OCc2ccccc2)c1. The van der Waals surface area contributed by atoms with Gasteiger partial charge in [0.25, 0.3) is 0 Å². The molecule has 1 unspecified atom stereocenters. The van der Waals surface area contributed by atoms with Gasteiger partial charge in [0, 0.05) is 16.0 Å². The summed E-state index contributed by atoms with van der Waals surface area (Å²) in [6, 6.07) is 32.7. The van der Waals surface area contributed by atoms with Gasteiger partial charge < -0.3 is 23.5 Å². The van der Waals surface area contributed by atoms with Crippen molar-refractivity contribution in [2.45, 2.75) is 44.4 Å². The maximum atomic E-state index is 6.59. The summed E-state index contributed by atoms with van der Waals surface area (Å²) in [6.45, 7) is 1.89. The van der Waals surface area contributed by atoms with Crippen molar-refractivity contribution in [3.8, 4) is 0 Å². The molecule has 4 atom stereocenters. The molecule has 1 fully saturated rings. The number of rotatable bonds is 11. The van der Waals surface area contributed by atoms with Crippen LogP contribution in [-0.4, -0.2) is 29.5 Å². The van der Waals surface area contributed by atoms with Gasteiger partial charge in [-0.15, -0.1) is 0 Å². The summed E-state index contributed by atoms with van der Waals surface area (Å²) in [5.41, 5.74) is 3.36. The van der Waals surface area contributed by atoms with Crippen LogP contribution in [0, 0.1) is 3.57 Å². The summed E-state index contributed by atoms with van der Waals surface area (Å²) < 4.78 is 29.0. The first-order chi connectivity index (χ1) is 17.8. The summed E-state index contributed by atoms with van der Waals surface area (Å²) in [7, 11) is 0. The molecule has 6 heteroatoms. The third-order valence-electron chi connectivity index (χ3n) is 6.22. The topological polar surface area (TPSA) is 41.9 Å². The molecular weight excluding hydrogens is 565 g/mol. The zero-order chi connectivity index (χ0) is 24.6. The van der Waals surface area contributed by atoms with Crippen LogP contribution in [0.2, 0.25) is 0 Å². The van der Waals surface area contributed by atoms with Gasteiger partial charge in [-0.25, -0.2) is 0 Å². The molecule has 0 radical (unpaired) electrons. The summed E-state index contributed by atoms with van der Waals surface area (Å²) in [5.74, 6) is 0. The quantitative estimate of drug-likeness (QED) is 0.189. The molecule has 0 bridgehead atoms. The fourth-order valence-corrected chi connectivity index (χ4v) is 4.89. The van der Waals surface area contributed by atoms with Crippen LogP contribution in [-0.2, 0) is 38.8 Å². The largest absolute Gasteiger partial charge is 0.374 e. The highest BCUT2D eigenvalue weighted by Gasteiger charge is 2.47. The van der Waals surface area contributed by atoms with Crippen molar-refractivity contribution in [1.82, 2.24) is 4.57 Å². The van der Waals surface area contributed by atoms with Crippen molar-refractivity contribution < 1.29 is 18.9 Å². The van der Waals surface area contributed by atoms with E-state index in [1.165, 1.54) is 0 Å². The van der Waals surface area contributed by atoms with Gasteiger partial charge in [0.2, 0.25) is 0 Å². The Morgan fingerprint density at radius 3 is 1.72 bits per heavy atom. The van der Waals surface area contributed by atoms with Crippen molar-refractivity contribution in [2.24, 2.45) is 0 Å². The van der Waals surface area contributed by atoms with Gasteiger partial charge in [-0.2, -0.15) is 0 Å². The summed E-state index contributed by atoms with van der Waals surface area (Å²) in [6.07, 6.45) is 2.92. The van der Waals surface area contributed by atoms with Crippen LogP contribution in [0.3, 0.4) is 0 Å². The maximum Gasteiger partial charge on any atom is 0.163 e. The molecule has 0 N–H and O–H groups in total. The van der Waals surface area contributed by atoms with Gasteiger partial charge in [-0.05, 0) is 45.3 Å². The van der Waals surface area contributed by atoms with Crippen LogP contribution < -0.4 is 0 Å². The first kappa shape index (κ1) is 25.2. The number of nitrogens with zero attached hydrogens (tertiary/aromatic N) is 1. The molecule has 3 aromatic carbocycles. The number of aromatic nitrogens is 1. The molecule has 36 heavy (non-hydrogen) atoms. The molecular formula is C30H30INO4. The number of hydrogen-bond donors (Lipinski definition) is 0. The van der Waals surface area contributed by atoms with Crippen molar-refractivity contribution >= 4 is 22.6 Å². The van der Waals surface area contributed by atoms with Crippen LogP contribution in [0.4, 0.5) is 0 Å². The molecule has 2 heterocycles. The minimum absolute atomic E-state index is 0.275. The lowest BCUT2D eigenvalue weighted by Gasteiger charge is -2.25. The van der Waals surface area contributed by atoms with Gasteiger partial charge >= 0.3 is 0 Å². The molecule has 0 spiro atoms. The highest BCUT2D eigenvalue weighted by Crippen LogP contribution is 2.36. The zero-order valence-electron chi connectivity index (χ0n) is 20.0. The van der Waals surface area contributed by atoms with Crippen LogP contribution in [0.1, 0.15) is 22.9 Å². The number of benzene rings is 3. The van der Waals surface area contributed by atoms with Gasteiger partial charge in [-0.3, -0.25) is 0 Å². The number of ether oxygens (including phenoxy) is 4. The normalized spacial score (nSPS) is 21.6. The lowest BCUT2D eigenvalue weighted by molar-refractivity contribution is -0.0916. The minimum atomic E-state index is -0.316. The maximum absolute atomic E-state index is 6.59. The third-order valence-corrected chi connectivity index (χ3v) is 6.86. The Morgan fingerprint density at radius 1 is 0.667 bits per heavy atom. The Hall–Kier alpha value is -2.49. The van der Waals surface area contributed by atoms with E-state index in [1.807, 2.05) is 60.8 Å². The van der Waals surface area contributed by atoms with Crippen LogP contribution in [0.15, 0.2) is 109 Å². The van der Waals surface area contributed by atoms with Gasteiger partial charge in [0.1, 0.15) is 18.3 Å². The molecule has 4 aromatic rings. The Kier molecular flexibility index (Phi) is 8.85. The molecule has 1 aliphatic rings. The smallest absolute Gasteiger partial charge is 0.163 e. The molecule has 1 aliphatic heterocycles. The average molecular weight is 595 g/mol. The van der Waals surface area contributed by atoms with E-state index in [9.17, 15) is 0 Å². The van der Waals surface area contributed by atoms with Crippen LogP contribution >= 0.6 is 22.6 Å². The molecule has 0 saturated carbocycles. The number of hydrogen-bond acceptors (Lipinski definition) is 4. The van der Waals surface area contributed by atoms with Crippen LogP contribution in [0.25, 0.3) is 0 Å². The van der Waals surface area contributed by atoms with E-state index in [4.69, 9.17) is 18.9 Å². The van der Waals surface area contributed by atoms with E-state index >= 15 is 0 Å². The summed E-state index contributed by atoms with van der Waals surface area (Å²) in [5, 5.41) is 0. The molecule has 5 nitrogen and oxygen atoms in total. The van der Waals surface area contributed by atoms with Crippen molar-refractivity contribution in [3.05, 3.63) is 130 Å². The number of halogens is 1. The molecule has 5 rings (SSSR count). The summed E-state index contributed by atoms with van der Waals surface area (Å²) >= 11 is 2.32. The van der Waals surface area contributed by atoms with E-state index in [-0.39, 0.29) is 24.5 Å². The Labute approximate surface area is 226 Å². The minimum Gasteiger partial charge on any atom is -0.374 e. The predicted octanol–water partition coefficient (Wildman–Crippen LogP) is 6.38. The standard InChI is InChI=1S/C30H30INO4/c31-26-16-17-32(18-26)30-29(35-21-25-14-8-3-9-15-25)28(34-20-24-12-6-2-7-13-24)27(36-30)22-33-19-23-10-4-1-5-11-23/h1-18,27-30H,19-22H2/t27-,28-,29-,30?/m1/s1. The van der Waals surface area contributed by atoms with Crippen molar-refractivity contribution in [2.75, 3.05) is 6.61 Å². The highest BCUT2D eigenvalue weighted by molar-refractivity contribution is 14.1. The lowest BCUT2D eigenvalue weighted by Crippen LogP contribution is -2.38. The van der Waals surface area contributed by atoms with Gasteiger partial charge in [-0.1, -0.05) is 91.0 Å². The van der Waals surface area contributed by atoms with Gasteiger partial charge in [0.15, 0.2) is 6.23 Å². The van der Waals surface area contributed by atoms with Gasteiger partial charge in [0.05, 0.1) is 26.4 Å². The fraction of sp³-hybridized carbons (Fsp3) is 0.267. The summed E-state index contributed by atoms with van der Waals surface area (Å²) in [4.78, 5) is 0. The highest BCUT2D eigenvalue weighted by atomic mass is 127. The Bertz CT molecular complexity index is 1190. The monoisotopic (exact) mass is 595 g/mol. The molecule has 1 saturated heterocycles. The second kappa shape index (κ2) is 12.7. The lowest BCUT2D eigenvalue weighted by atomic mass is 10.1. The van der Waals surface area contributed by atoms with E-state index in [1.54, 1.807) is 0 Å². The molecule has 0 amide bonds. The van der Waals surface area contributed by atoms with Crippen LogP contribution in [0.5, 0.6) is 0 Å². The third kappa shape index (κ3) is 6.63. The average Bonchev–Trinajstić information content (AvgIpc) is 3.51. The van der Waals surface area contributed by atoms with Crippen molar-refractivity contribution in [3.63, 3.8) is 0 Å². The molecule has 186 valence electrons. The second-order valence-electron chi connectivity index (χ2n) is 8.87. The van der Waals surface area contributed by atoms with E-state index in [2.05, 4.69) is 75.8 Å². The first-order valence-corrected chi connectivity index (χ1v) is 13.3. The van der Waals surface area contributed by atoms with E-state index < -0.39 is 0 Å². The Balaban J connectivity index is 1.35. The van der Waals surface area contributed by atoms with Crippen molar-refractivity contribution in [1.29, 1.82) is 0 Å². The fourth-order valence-electron chi connectivity index (χ4n) is 4.41. The predicted molar refractivity (Wildman–Crippen MR) is 147 cm³/mol. The molecule has 0 aliphatic carbocycles. The van der Waals surface area contributed by atoms with E-state index in [0.29, 0.717) is 26.4 Å². The first-order valence-electron chi connectivity index (χ1n) is 12.2. The van der Waals surface area contributed by atoms with E-state index in [0.717, 1.165) is 20.3 Å². The zero-order valence-corrected chi connectivity index (χ0v) is 22.1. The Morgan fingerprint density at radius 2 is 1.19 bits per heavy atom. The molecule has 1 aromatic heterocycles.